The standard InChI is InChI=1S/C20H28N4O2S/c1-2-13-10-15(23-27(25,26)16-5-6-16)11-18(13)24-9-3-4-14-12-22-20-17(19(14)24)7-8-21-20/h7-8,12-13,15-16,18,23H,2-6,9-11H2,1H3,(H,21,22)/t13-,15+,18+/m1/s1. The summed E-state index contributed by atoms with van der Waals surface area (Å²) in [4.78, 5) is 10.4. The highest BCUT2D eigenvalue weighted by molar-refractivity contribution is 7.90. The number of aryl methyl sites for hydroxylation is 1. The van der Waals surface area contributed by atoms with E-state index in [1.807, 2.05) is 12.4 Å². The summed E-state index contributed by atoms with van der Waals surface area (Å²) in [5.74, 6) is 0.519. The SMILES string of the molecule is CC[C@@H]1C[C@H](NS(=O)(=O)C2CC2)C[C@@H]1N1CCCc2cnc3[nH]ccc3c21. The molecule has 3 heterocycles. The normalized spacial score (nSPS) is 28.6. The molecule has 146 valence electrons. The highest BCUT2D eigenvalue weighted by atomic mass is 32.2. The van der Waals surface area contributed by atoms with Gasteiger partial charge in [0, 0.05) is 36.4 Å². The van der Waals surface area contributed by atoms with E-state index in [1.54, 1.807) is 0 Å². The Kier molecular flexibility index (Phi) is 4.20. The molecular formula is C20H28N4O2S. The Morgan fingerprint density at radius 3 is 2.96 bits per heavy atom. The predicted molar refractivity (Wildman–Crippen MR) is 107 cm³/mol. The fourth-order valence-corrected chi connectivity index (χ4v) is 6.77. The number of sulfonamides is 1. The van der Waals surface area contributed by atoms with Gasteiger partial charge in [-0.15, -0.1) is 0 Å². The molecular weight excluding hydrogens is 360 g/mol. The van der Waals surface area contributed by atoms with Crippen LogP contribution in [-0.2, 0) is 16.4 Å². The van der Waals surface area contributed by atoms with Crippen molar-refractivity contribution in [1.82, 2.24) is 14.7 Å². The lowest BCUT2D eigenvalue weighted by Gasteiger charge is -2.39. The molecule has 0 unspecified atom stereocenters. The molecule has 2 aliphatic carbocycles. The molecule has 5 rings (SSSR count). The molecule has 0 bridgehead atoms. The van der Waals surface area contributed by atoms with Crippen LogP contribution in [0.15, 0.2) is 18.5 Å². The van der Waals surface area contributed by atoms with E-state index in [1.165, 1.54) is 16.6 Å². The lowest BCUT2D eigenvalue weighted by Crippen LogP contribution is -2.42. The van der Waals surface area contributed by atoms with Crippen molar-refractivity contribution in [2.75, 3.05) is 11.4 Å². The van der Waals surface area contributed by atoms with Gasteiger partial charge >= 0.3 is 0 Å². The van der Waals surface area contributed by atoms with Crippen LogP contribution in [0.2, 0.25) is 0 Å². The van der Waals surface area contributed by atoms with Crippen LogP contribution in [0.5, 0.6) is 0 Å². The van der Waals surface area contributed by atoms with Gasteiger partial charge in [0.1, 0.15) is 5.65 Å². The van der Waals surface area contributed by atoms with Gasteiger partial charge in [-0.05, 0) is 56.1 Å². The molecule has 0 amide bonds. The number of aromatic nitrogens is 2. The zero-order valence-electron chi connectivity index (χ0n) is 15.8. The minimum Gasteiger partial charge on any atom is -0.367 e. The van der Waals surface area contributed by atoms with Gasteiger partial charge in [0.2, 0.25) is 10.0 Å². The molecule has 2 aromatic rings. The Hall–Kier alpha value is -1.60. The van der Waals surface area contributed by atoms with E-state index < -0.39 is 10.0 Å². The monoisotopic (exact) mass is 388 g/mol. The lowest BCUT2D eigenvalue weighted by molar-refractivity contribution is 0.427. The van der Waals surface area contributed by atoms with Crippen LogP contribution >= 0.6 is 0 Å². The number of nitrogens with zero attached hydrogens (tertiary/aromatic N) is 2. The number of hydrogen-bond acceptors (Lipinski definition) is 4. The highest BCUT2D eigenvalue weighted by Crippen LogP contribution is 2.42. The van der Waals surface area contributed by atoms with Crippen molar-refractivity contribution in [2.45, 2.75) is 69.2 Å². The van der Waals surface area contributed by atoms with E-state index in [4.69, 9.17) is 0 Å². The van der Waals surface area contributed by atoms with Crippen molar-refractivity contribution in [3.8, 4) is 0 Å². The number of pyridine rings is 1. The third kappa shape index (κ3) is 3.05. The van der Waals surface area contributed by atoms with Gasteiger partial charge in [-0.2, -0.15) is 0 Å². The van der Waals surface area contributed by atoms with Gasteiger partial charge in [0.15, 0.2) is 0 Å². The first-order valence-corrected chi connectivity index (χ1v) is 11.8. The molecule has 27 heavy (non-hydrogen) atoms. The van der Waals surface area contributed by atoms with E-state index in [9.17, 15) is 8.42 Å². The second-order valence-electron chi connectivity index (χ2n) is 8.44. The maximum Gasteiger partial charge on any atom is 0.214 e. The molecule has 2 N–H and O–H groups in total. The van der Waals surface area contributed by atoms with Crippen LogP contribution < -0.4 is 9.62 Å². The lowest BCUT2D eigenvalue weighted by atomic mass is 9.94. The second kappa shape index (κ2) is 6.48. The Morgan fingerprint density at radius 1 is 1.33 bits per heavy atom. The number of nitrogens with one attached hydrogen (secondary N) is 2. The van der Waals surface area contributed by atoms with E-state index >= 15 is 0 Å². The van der Waals surface area contributed by atoms with Gasteiger partial charge < -0.3 is 9.88 Å². The van der Waals surface area contributed by atoms with E-state index in [-0.39, 0.29) is 11.3 Å². The van der Waals surface area contributed by atoms with Gasteiger partial charge in [0.05, 0.1) is 10.9 Å². The van der Waals surface area contributed by atoms with E-state index in [0.29, 0.717) is 12.0 Å². The first-order chi connectivity index (χ1) is 13.1. The smallest absolute Gasteiger partial charge is 0.214 e. The minimum absolute atomic E-state index is 0.0690. The quantitative estimate of drug-likeness (QED) is 0.825. The summed E-state index contributed by atoms with van der Waals surface area (Å²) in [6.07, 6.45) is 10.8. The van der Waals surface area contributed by atoms with Crippen molar-refractivity contribution in [1.29, 1.82) is 0 Å². The molecule has 1 aliphatic heterocycles. The molecule has 0 aromatic carbocycles. The third-order valence-electron chi connectivity index (χ3n) is 6.64. The number of hydrogen-bond donors (Lipinski definition) is 2. The van der Waals surface area contributed by atoms with E-state index in [2.05, 4.69) is 32.6 Å². The van der Waals surface area contributed by atoms with Gasteiger partial charge in [0.25, 0.3) is 0 Å². The molecule has 3 aliphatic rings. The third-order valence-corrected chi connectivity index (χ3v) is 8.65. The first kappa shape index (κ1) is 17.5. The van der Waals surface area contributed by atoms with Crippen molar-refractivity contribution in [3.05, 3.63) is 24.0 Å². The Bertz CT molecular complexity index is 950. The molecule has 0 saturated heterocycles. The summed E-state index contributed by atoms with van der Waals surface area (Å²) < 4.78 is 27.9. The first-order valence-electron chi connectivity index (χ1n) is 10.3. The molecule has 3 atom stereocenters. The Balaban J connectivity index is 1.45. The fourth-order valence-electron chi connectivity index (χ4n) is 5.17. The summed E-state index contributed by atoms with van der Waals surface area (Å²) in [7, 11) is -3.13. The summed E-state index contributed by atoms with van der Waals surface area (Å²) in [6, 6.07) is 2.59. The molecule has 2 fully saturated rings. The summed E-state index contributed by atoms with van der Waals surface area (Å²) in [6.45, 7) is 3.28. The topological polar surface area (TPSA) is 78.1 Å². The average Bonchev–Trinajstić information content (AvgIpc) is 3.30. The van der Waals surface area contributed by atoms with Crippen molar-refractivity contribution >= 4 is 26.7 Å². The van der Waals surface area contributed by atoms with Gasteiger partial charge in [-0.1, -0.05) is 13.3 Å². The number of H-pyrrole nitrogens is 1. The molecule has 2 saturated carbocycles. The van der Waals surface area contributed by atoms with Crippen LogP contribution in [0.4, 0.5) is 5.69 Å². The van der Waals surface area contributed by atoms with Crippen LogP contribution in [0.3, 0.4) is 0 Å². The van der Waals surface area contributed by atoms with Crippen molar-refractivity contribution in [2.24, 2.45) is 5.92 Å². The van der Waals surface area contributed by atoms with Crippen molar-refractivity contribution in [3.63, 3.8) is 0 Å². The van der Waals surface area contributed by atoms with Crippen LogP contribution in [0, 0.1) is 5.92 Å². The highest BCUT2D eigenvalue weighted by Gasteiger charge is 2.43. The Morgan fingerprint density at radius 2 is 2.19 bits per heavy atom. The van der Waals surface area contributed by atoms with Gasteiger partial charge in [-0.25, -0.2) is 18.1 Å². The van der Waals surface area contributed by atoms with Crippen molar-refractivity contribution < 1.29 is 8.42 Å². The number of anilines is 1. The molecule has 0 spiro atoms. The molecule has 0 radical (unpaired) electrons. The number of fused-ring (bicyclic) bond motifs is 3. The maximum absolute atomic E-state index is 12.4. The number of rotatable bonds is 5. The second-order valence-corrected chi connectivity index (χ2v) is 10.4. The van der Waals surface area contributed by atoms with E-state index in [0.717, 1.165) is 57.1 Å². The molecule has 7 heteroatoms. The summed E-state index contributed by atoms with van der Waals surface area (Å²) in [5, 5.41) is 1.06. The maximum atomic E-state index is 12.4. The summed E-state index contributed by atoms with van der Waals surface area (Å²) >= 11 is 0. The zero-order valence-corrected chi connectivity index (χ0v) is 16.6. The number of aromatic amines is 1. The zero-order chi connectivity index (χ0) is 18.6. The molecule has 2 aromatic heterocycles. The van der Waals surface area contributed by atoms with Crippen LogP contribution in [-0.4, -0.2) is 42.3 Å². The molecule has 6 nitrogen and oxygen atoms in total. The summed E-state index contributed by atoms with van der Waals surface area (Å²) in [5.41, 5.74) is 3.59. The fraction of sp³-hybridized carbons (Fsp3) is 0.650. The predicted octanol–water partition coefficient (Wildman–Crippen LogP) is 2.95. The average molecular weight is 389 g/mol. The Labute approximate surface area is 160 Å². The van der Waals surface area contributed by atoms with Gasteiger partial charge in [-0.3, -0.25) is 0 Å². The largest absolute Gasteiger partial charge is 0.367 e. The van der Waals surface area contributed by atoms with Crippen LogP contribution in [0.25, 0.3) is 11.0 Å². The minimum atomic E-state index is -3.13. The van der Waals surface area contributed by atoms with Crippen LogP contribution in [0.1, 0.15) is 51.0 Å².